The molecule has 3 aromatic heterocycles. The smallest absolute Gasteiger partial charge is 0.407 e. The fourth-order valence-electron chi connectivity index (χ4n) is 5.12. The van der Waals surface area contributed by atoms with Crippen LogP contribution in [0.4, 0.5) is 20.8 Å². The summed E-state index contributed by atoms with van der Waals surface area (Å²) in [7, 11) is 0. The Balaban J connectivity index is 1.40. The summed E-state index contributed by atoms with van der Waals surface area (Å²) in [5.74, 6) is 0.492. The number of hydrogen-bond acceptors (Lipinski definition) is 10. The molecule has 1 saturated heterocycles. The van der Waals surface area contributed by atoms with Gasteiger partial charge in [-0.1, -0.05) is 0 Å². The normalized spacial score (nSPS) is 20.6. The summed E-state index contributed by atoms with van der Waals surface area (Å²) >= 11 is 0. The minimum absolute atomic E-state index is 0.0306. The number of rotatable bonds is 8. The Labute approximate surface area is 231 Å². The Kier molecular flexibility index (Phi) is 7.15. The van der Waals surface area contributed by atoms with E-state index < -0.39 is 23.5 Å². The van der Waals surface area contributed by atoms with Crippen LogP contribution in [-0.4, -0.2) is 63.0 Å². The van der Waals surface area contributed by atoms with Crippen LogP contribution in [0.15, 0.2) is 24.5 Å². The van der Waals surface area contributed by atoms with Crippen molar-refractivity contribution in [2.75, 3.05) is 30.4 Å². The average molecular weight is 556 g/mol. The van der Waals surface area contributed by atoms with Crippen LogP contribution in [0.25, 0.3) is 5.65 Å². The Morgan fingerprint density at radius 1 is 1.32 bits per heavy atom. The van der Waals surface area contributed by atoms with Gasteiger partial charge in [0.1, 0.15) is 29.4 Å². The van der Waals surface area contributed by atoms with Gasteiger partial charge in [-0.15, -0.1) is 5.10 Å². The molecule has 3 aromatic rings. The van der Waals surface area contributed by atoms with Crippen LogP contribution >= 0.6 is 0 Å². The molecule has 13 heteroatoms. The van der Waals surface area contributed by atoms with Crippen LogP contribution in [0, 0.1) is 17.7 Å². The lowest BCUT2D eigenvalue weighted by Gasteiger charge is -2.30. The number of alkyl carbamates (subject to hydrolysis) is 1. The number of amides is 1. The highest BCUT2D eigenvalue weighted by Crippen LogP contribution is 2.58. The Morgan fingerprint density at radius 3 is 2.83 bits per heavy atom. The molecule has 4 atom stereocenters. The summed E-state index contributed by atoms with van der Waals surface area (Å²) in [6.45, 7) is 9.84. The number of esters is 1. The van der Waals surface area contributed by atoms with Crippen molar-refractivity contribution in [1.82, 2.24) is 24.9 Å². The Hall–Kier alpha value is -4.16. The molecular formula is C27H34FN7O5. The topological polar surface area (TPSA) is 146 Å². The van der Waals surface area contributed by atoms with Gasteiger partial charge >= 0.3 is 12.1 Å². The van der Waals surface area contributed by atoms with Gasteiger partial charge in [-0.2, -0.15) is 0 Å². The first-order valence-electron chi connectivity index (χ1n) is 13.3. The van der Waals surface area contributed by atoms with E-state index in [0.29, 0.717) is 23.8 Å². The maximum absolute atomic E-state index is 14.5. The predicted octanol–water partition coefficient (Wildman–Crippen LogP) is 3.51. The van der Waals surface area contributed by atoms with E-state index in [-0.39, 0.29) is 54.1 Å². The van der Waals surface area contributed by atoms with Crippen LogP contribution in [0.2, 0.25) is 0 Å². The van der Waals surface area contributed by atoms with Crippen LogP contribution in [-0.2, 0) is 9.47 Å². The minimum atomic E-state index is -0.625. The van der Waals surface area contributed by atoms with E-state index in [1.807, 2.05) is 0 Å². The number of nitrogens with zero attached hydrogens (tertiary/aromatic N) is 5. The standard InChI is InChI=1S/C27H34FN7O5/c1-6-38-25(36)20-22(29)33-35-8-7-19(32-23(20)35)34-12-15-9-17(15)21(34)18-10-16(28)11-30-24(18)39-13-14(2)31-26(37)40-27(3,4)5/h7-8,10-11,14-15,17,21H,6,9,12-13H2,1-5H3,(H2,29,33)(H,31,37)/t14-,15?,17?,21?/m1/s1. The molecule has 214 valence electrons. The van der Waals surface area contributed by atoms with Gasteiger partial charge in [0.15, 0.2) is 11.5 Å². The molecule has 40 heavy (non-hydrogen) atoms. The molecule has 2 aliphatic rings. The van der Waals surface area contributed by atoms with Gasteiger partial charge in [0.2, 0.25) is 5.88 Å². The SMILES string of the molecule is CCOC(=O)c1c(N)nn2ccc(N3CC4CC4C3c3cc(F)cnc3OC[C@@H](C)NC(=O)OC(C)(C)C)nc12. The van der Waals surface area contributed by atoms with Gasteiger partial charge in [0.25, 0.3) is 0 Å². The Morgan fingerprint density at radius 2 is 2.10 bits per heavy atom. The molecule has 5 rings (SSSR count). The quantitative estimate of drug-likeness (QED) is 0.396. The maximum atomic E-state index is 14.5. The number of nitrogens with two attached hydrogens (primary N) is 1. The first kappa shape index (κ1) is 27.4. The third kappa shape index (κ3) is 5.58. The summed E-state index contributed by atoms with van der Waals surface area (Å²) in [6.07, 6.45) is 3.23. The number of carbonyl (C=O) groups excluding carboxylic acids is 2. The number of hydrogen-bond donors (Lipinski definition) is 2. The molecule has 1 saturated carbocycles. The number of pyridine rings is 1. The number of fused-ring (bicyclic) bond motifs is 2. The summed E-state index contributed by atoms with van der Waals surface area (Å²) < 4.78 is 32.4. The van der Waals surface area contributed by atoms with Crippen LogP contribution in [0.1, 0.15) is 63.0 Å². The fourth-order valence-corrected chi connectivity index (χ4v) is 5.12. The highest BCUT2D eigenvalue weighted by Gasteiger charge is 2.54. The van der Waals surface area contributed by atoms with Crippen LogP contribution in [0.3, 0.4) is 0 Å². The van der Waals surface area contributed by atoms with Crippen molar-refractivity contribution in [1.29, 1.82) is 0 Å². The molecule has 0 radical (unpaired) electrons. The number of ether oxygens (including phenoxy) is 3. The van der Waals surface area contributed by atoms with Gasteiger partial charge in [-0.3, -0.25) is 0 Å². The monoisotopic (exact) mass is 555 g/mol. The van der Waals surface area contributed by atoms with E-state index >= 15 is 0 Å². The predicted molar refractivity (Wildman–Crippen MR) is 144 cm³/mol. The van der Waals surface area contributed by atoms with Crippen molar-refractivity contribution in [2.45, 2.75) is 58.7 Å². The Bertz CT molecular complexity index is 1440. The average Bonchev–Trinajstić information content (AvgIpc) is 3.39. The maximum Gasteiger partial charge on any atom is 0.407 e. The summed E-state index contributed by atoms with van der Waals surface area (Å²) in [5, 5.41) is 6.92. The highest BCUT2D eigenvalue weighted by molar-refractivity contribution is 6.00. The van der Waals surface area contributed by atoms with E-state index in [0.717, 1.165) is 12.6 Å². The fraction of sp³-hybridized carbons (Fsp3) is 0.519. The molecular weight excluding hydrogens is 521 g/mol. The van der Waals surface area contributed by atoms with Gasteiger partial charge in [-0.25, -0.2) is 28.5 Å². The number of nitrogens with one attached hydrogen (secondary N) is 1. The second kappa shape index (κ2) is 10.4. The lowest BCUT2D eigenvalue weighted by molar-refractivity contribution is 0.0490. The molecule has 0 bridgehead atoms. The third-order valence-electron chi connectivity index (χ3n) is 6.82. The zero-order valence-corrected chi connectivity index (χ0v) is 23.2. The zero-order chi connectivity index (χ0) is 28.8. The van der Waals surface area contributed by atoms with E-state index in [1.54, 1.807) is 46.9 Å². The number of nitrogen functional groups attached to an aromatic ring is 1. The molecule has 12 nitrogen and oxygen atoms in total. The van der Waals surface area contributed by atoms with Gasteiger partial charge < -0.3 is 30.2 Å². The molecule has 1 aliphatic carbocycles. The minimum Gasteiger partial charge on any atom is -0.475 e. The molecule has 0 aromatic carbocycles. The highest BCUT2D eigenvalue weighted by atomic mass is 19.1. The van der Waals surface area contributed by atoms with Crippen molar-refractivity contribution >= 4 is 29.3 Å². The summed E-state index contributed by atoms with van der Waals surface area (Å²) in [5.41, 5.74) is 6.36. The van der Waals surface area contributed by atoms with E-state index in [9.17, 15) is 14.0 Å². The lowest BCUT2D eigenvalue weighted by atomic mass is 10.0. The molecule has 1 aliphatic heterocycles. The second-order valence-corrected chi connectivity index (χ2v) is 11.2. The number of piperidine rings is 1. The van der Waals surface area contributed by atoms with Crippen LogP contribution < -0.4 is 20.7 Å². The van der Waals surface area contributed by atoms with Gasteiger partial charge in [-0.05, 0) is 65.0 Å². The van der Waals surface area contributed by atoms with E-state index in [4.69, 9.17) is 24.9 Å². The molecule has 4 heterocycles. The van der Waals surface area contributed by atoms with Crippen molar-refractivity contribution in [2.24, 2.45) is 11.8 Å². The van der Waals surface area contributed by atoms with Crippen molar-refractivity contribution in [3.05, 3.63) is 41.5 Å². The van der Waals surface area contributed by atoms with E-state index in [2.05, 4.69) is 20.3 Å². The number of carbonyl (C=O) groups is 2. The molecule has 0 spiro atoms. The second-order valence-electron chi connectivity index (χ2n) is 11.2. The molecule has 3 unspecified atom stereocenters. The number of halogens is 1. The third-order valence-corrected chi connectivity index (χ3v) is 6.82. The molecule has 1 amide bonds. The number of aromatic nitrogens is 4. The van der Waals surface area contributed by atoms with Crippen molar-refractivity contribution in [3.8, 4) is 5.88 Å². The first-order chi connectivity index (χ1) is 18.9. The summed E-state index contributed by atoms with van der Waals surface area (Å²) in [4.78, 5) is 35.7. The largest absolute Gasteiger partial charge is 0.475 e. The van der Waals surface area contributed by atoms with E-state index in [1.165, 1.54) is 10.6 Å². The first-order valence-corrected chi connectivity index (χ1v) is 13.3. The van der Waals surface area contributed by atoms with Crippen LogP contribution in [0.5, 0.6) is 5.88 Å². The van der Waals surface area contributed by atoms with Crippen molar-refractivity contribution < 1.29 is 28.2 Å². The van der Waals surface area contributed by atoms with Crippen molar-refractivity contribution in [3.63, 3.8) is 0 Å². The van der Waals surface area contributed by atoms with Gasteiger partial charge in [0, 0.05) is 18.3 Å². The zero-order valence-electron chi connectivity index (χ0n) is 23.2. The molecule has 3 N–H and O–H groups in total. The lowest BCUT2D eigenvalue weighted by Crippen LogP contribution is -2.40. The number of anilines is 2. The van der Waals surface area contributed by atoms with Gasteiger partial charge in [0.05, 0.1) is 24.9 Å². The molecule has 2 fully saturated rings. The summed E-state index contributed by atoms with van der Waals surface area (Å²) in [6, 6.07) is 2.58.